The van der Waals surface area contributed by atoms with Gasteiger partial charge in [-0.3, -0.25) is 9.59 Å². The van der Waals surface area contributed by atoms with E-state index >= 15 is 0 Å². The van der Waals surface area contributed by atoms with Crippen LogP contribution in [0.1, 0.15) is 11.1 Å². The highest BCUT2D eigenvalue weighted by Gasteiger charge is 2.28. The molecule has 1 aliphatic rings. The Morgan fingerprint density at radius 3 is 2.05 bits per heavy atom. The van der Waals surface area contributed by atoms with Crippen LogP contribution in [0.3, 0.4) is 0 Å². The predicted octanol–water partition coefficient (Wildman–Crippen LogP) is 2.89. The lowest BCUT2D eigenvalue weighted by Gasteiger charge is -2.20. The summed E-state index contributed by atoms with van der Waals surface area (Å²) >= 11 is 0. The molecule has 0 aliphatic carbocycles. The Morgan fingerprint density at radius 1 is 0.842 bits per heavy atom. The molecular weight excluding hydrogens is 238 g/mol. The molecule has 2 aromatic carbocycles. The first-order valence-corrected chi connectivity index (χ1v) is 6.14. The number of anilines is 1. The maximum atomic E-state index is 11.9. The second kappa shape index (κ2) is 4.05. The van der Waals surface area contributed by atoms with Crippen LogP contribution in [0.15, 0.2) is 42.5 Å². The molecule has 19 heavy (non-hydrogen) atoms. The molecule has 94 valence electrons. The minimum atomic E-state index is -0.276. The summed E-state index contributed by atoms with van der Waals surface area (Å²) in [5.41, 5.74) is 2.77. The van der Waals surface area contributed by atoms with Crippen LogP contribution in [-0.2, 0) is 9.59 Å². The number of hydrogen-bond donors (Lipinski definition) is 0. The van der Waals surface area contributed by atoms with Gasteiger partial charge in [-0.2, -0.15) is 0 Å². The van der Waals surface area contributed by atoms with Crippen LogP contribution in [-0.4, -0.2) is 11.8 Å². The van der Waals surface area contributed by atoms with Crippen molar-refractivity contribution in [2.24, 2.45) is 0 Å². The number of benzene rings is 2. The van der Waals surface area contributed by atoms with Crippen molar-refractivity contribution in [2.45, 2.75) is 13.8 Å². The van der Waals surface area contributed by atoms with Gasteiger partial charge in [-0.25, -0.2) is 4.90 Å². The molecule has 0 atom stereocenters. The van der Waals surface area contributed by atoms with E-state index < -0.39 is 0 Å². The summed E-state index contributed by atoms with van der Waals surface area (Å²) in [6.45, 7) is 3.96. The summed E-state index contributed by atoms with van der Waals surface area (Å²) in [6, 6.07) is 9.84. The van der Waals surface area contributed by atoms with Crippen molar-refractivity contribution in [1.29, 1.82) is 0 Å². The van der Waals surface area contributed by atoms with Crippen LogP contribution in [0, 0.1) is 13.8 Å². The minimum absolute atomic E-state index is 0.276. The maximum absolute atomic E-state index is 11.9. The van der Waals surface area contributed by atoms with E-state index in [2.05, 4.69) is 0 Å². The summed E-state index contributed by atoms with van der Waals surface area (Å²) in [5, 5.41) is 2.00. The fourth-order valence-corrected chi connectivity index (χ4v) is 2.63. The topological polar surface area (TPSA) is 37.4 Å². The second-order valence-corrected chi connectivity index (χ2v) is 4.75. The first-order valence-electron chi connectivity index (χ1n) is 6.14. The van der Waals surface area contributed by atoms with E-state index in [1.807, 2.05) is 44.2 Å². The van der Waals surface area contributed by atoms with Gasteiger partial charge >= 0.3 is 0 Å². The Balaban J connectivity index is 2.35. The van der Waals surface area contributed by atoms with Crippen molar-refractivity contribution in [3.8, 4) is 0 Å². The van der Waals surface area contributed by atoms with Gasteiger partial charge in [0.2, 0.25) is 0 Å². The van der Waals surface area contributed by atoms with E-state index in [1.54, 1.807) is 0 Å². The third-order valence-corrected chi connectivity index (χ3v) is 3.45. The van der Waals surface area contributed by atoms with Crippen LogP contribution >= 0.6 is 0 Å². The Morgan fingerprint density at radius 2 is 1.42 bits per heavy atom. The zero-order chi connectivity index (χ0) is 13.6. The maximum Gasteiger partial charge on any atom is 0.258 e. The number of nitrogens with zero attached hydrogens (tertiary/aromatic N) is 1. The van der Waals surface area contributed by atoms with E-state index in [1.165, 1.54) is 17.1 Å². The van der Waals surface area contributed by atoms with E-state index in [-0.39, 0.29) is 11.8 Å². The quantitative estimate of drug-likeness (QED) is 0.731. The number of aryl methyl sites for hydroxylation is 2. The molecule has 0 unspecified atom stereocenters. The van der Waals surface area contributed by atoms with Crippen LogP contribution < -0.4 is 4.90 Å². The Labute approximate surface area is 111 Å². The molecule has 0 aromatic heterocycles. The van der Waals surface area contributed by atoms with Crippen LogP contribution in [0.4, 0.5) is 5.69 Å². The molecule has 0 fully saturated rings. The molecule has 2 amide bonds. The van der Waals surface area contributed by atoms with E-state index in [0.717, 1.165) is 21.9 Å². The number of hydrogen-bond acceptors (Lipinski definition) is 2. The molecule has 3 rings (SSSR count). The monoisotopic (exact) mass is 251 g/mol. The van der Waals surface area contributed by atoms with E-state index in [9.17, 15) is 9.59 Å². The van der Waals surface area contributed by atoms with Crippen molar-refractivity contribution in [3.63, 3.8) is 0 Å². The smallest absolute Gasteiger partial charge is 0.258 e. The molecule has 1 heterocycles. The molecule has 0 radical (unpaired) electrons. The number of carbonyl (C=O) groups is 2. The third kappa shape index (κ3) is 1.66. The number of amides is 2. The van der Waals surface area contributed by atoms with Crippen LogP contribution in [0.2, 0.25) is 0 Å². The SMILES string of the molecule is Cc1cc(C)c2ccccc2c1N1C(=O)C=CC1=O. The highest BCUT2D eigenvalue weighted by atomic mass is 16.2. The van der Waals surface area contributed by atoms with Gasteiger partial charge in [-0.05, 0) is 30.4 Å². The predicted molar refractivity (Wildman–Crippen MR) is 75.1 cm³/mol. The van der Waals surface area contributed by atoms with Crippen molar-refractivity contribution < 1.29 is 9.59 Å². The van der Waals surface area contributed by atoms with E-state index in [0.29, 0.717) is 5.69 Å². The van der Waals surface area contributed by atoms with Crippen molar-refractivity contribution >= 4 is 28.3 Å². The zero-order valence-electron chi connectivity index (χ0n) is 10.8. The summed E-state index contributed by atoms with van der Waals surface area (Å²) < 4.78 is 0. The van der Waals surface area contributed by atoms with Gasteiger partial charge in [-0.15, -0.1) is 0 Å². The van der Waals surface area contributed by atoms with Gasteiger partial charge in [0.05, 0.1) is 5.69 Å². The van der Waals surface area contributed by atoms with Gasteiger partial charge < -0.3 is 0 Å². The lowest BCUT2D eigenvalue weighted by Crippen LogP contribution is -2.30. The van der Waals surface area contributed by atoms with Gasteiger partial charge in [0, 0.05) is 17.5 Å². The number of carbonyl (C=O) groups excluding carboxylic acids is 2. The fraction of sp³-hybridized carbons (Fsp3) is 0.125. The normalized spacial score (nSPS) is 14.7. The highest BCUT2D eigenvalue weighted by molar-refractivity contribution is 6.30. The molecule has 0 saturated carbocycles. The molecule has 3 nitrogen and oxygen atoms in total. The fourth-order valence-electron chi connectivity index (χ4n) is 2.63. The molecule has 0 spiro atoms. The summed E-state index contributed by atoms with van der Waals surface area (Å²) in [7, 11) is 0. The van der Waals surface area contributed by atoms with Crippen molar-refractivity contribution in [1.82, 2.24) is 0 Å². The zero-order valence-corrected chi connectivity index (χ0v) is 10.8. The Hall–Kier alpha value is -2.42. The van der Waals surface area contributed by atoms with Gasteiger partial charge in [0.1, 0.15) is 0 Å². The van der Waals surface area contributed by atoms with E-state index in [4.69, 9.17) is 0 Å². The largest absolute Gasteiger partial charge is 0.269 e. The molecule has 1 aliphatic heterocycles. The first kappa shape index (κ1) is 11.7. The average Bonchev–Trinajstić information content (AvgIpc) is 2.71. The molecular formula is C16H13NO2. The number of imide groups is 1. The minimum Gasteiger partial charge on any atom is -0.269 e. The van der Waals surface area contributed by atoms with Crippen LogP contribution in [0.5, 0.6) is 0 Å². The lowest BCUT2D eigenvalue weighted by atomic mass is 9.99. The molecule has 0 N–H and O–H groups in total. The Kier molecular flexibility index (Phi) is 2.49. The van der Waals surface area contributed by atoms with Gasteiger partial charge in [0.25, 0.3) is 11.8 Å². The first-order chi connectivity index (χ1) is 9.09. The lowest BCUT2D eigenvalue weighted by molar-refractivity contribution is -0.119. The van der Waals surface area contributed by atoms with Crippen molar-refractivity contribution in [2.75, 3.05) is 4.90 Å². The molecule has 0 saturated heterocycles. The second-order valence-electron chi connectivity index (χ2n) is 4.75. The third-order valence-electron chi connectivity index (χ3n) is 3.45. The molecule has 0 bridgehead atoms. The average molecular weight is 251 g/mol. The van der Waals surface area contributed by atoms with Gasteiger partial charge in [-0.1, -0.05) is 30.3 Å². The van der Waals surface area contributed by atoms with Gasteiger partial charge in [0.15, 0.2) is 0 Å². The van der Waals surface area contributed by atoms with Crippen LogP contribution in [0.25, 0.3) is 10.8 Å². The summed E-state index contributed by atoms with van der Waals surface area (Å²) in [4.78, 5) is 25.0. The highest BCUT2D eigenvalue weighted by Crippen LogP contribution is 2.34. The number of rotatable bonds is 1. The molecule has 3 heteroatoms. The Bertz CT molecular complexity index is 726. The summed E-state index contributed by atoms with van der Waals surface area (Å²) in [5.74, 6) is -0.552. The number of fused-ring (bicyclic) bond motifs is 1. The standard InChI is InChI=1S/C16H13NO2/c1-10-9-11(2)16(13-6-4-3-5-12(10)13)17-14(18)7-8-15(17)19/h3-9H,1-2H3. The van der Waals surface area contributed by atoms with Crippen molar-refractivity contribution in [3.05, 3.63) is 53.6 Å². The summed E-state index contributed by atoms with van der Waals surface area (Å²) in [6.07, 6.45) is 2.63. The molecule has 2 aromatic rings.